The van der Waals surface area contributed by atoms with Gasteiger partial charge in [-0.05, 0) is 26.3 Å². The summed E-state index contributed by atoms with van der Waals surface area (Å²) in [6, 6.07) is 1.88. The Morgan fingerprint density at radius 1 is 1.60 bits per heavy atom. The summed E-state index contributed by atoms with van der Waals surface area (Å²) in [6.45, 7) is 3.32. The minimum atomic E-state index is -0.735. The molecule has 0 atom stereocenters. The molecular weight excluding hydrogens is 196 g/mol. The number of carboxylic acid groups (broad SMARTS) is 1. The van der Waals surface area contributed by atoms with Gasteiger partial charge in [-0.1, -0.05) is 5.16 Å². The average molecular weight is 212 g/mol. The Labute approximate surface area is 88.5 Å². The summed E-state index contributed by atoms with van der Waals surface area (Å²) in [5.74, 6) is 0.0755. The van der Waals surface area contributed by atoms with Gasteiger partial charge in [0.15, 0.2) is 5.76 Å². The molecule has 0 aliphatic heterocycles. The number of carboxylic acids is 1. The van der Waals surface area contributed by atoms with E-state index in [0.29, 0.717) is 13.0 Å². The first-order chi connectivity index (χ1) is 7.18. The zero-order valence-corrected chi connectivity index (χ0v) is 8.82. The molecule has 1 aromatic rings. The third-order valence-corrected chi connectivity index (χ3v) is 1.97. The molecule has 84 valence electrons. The van der Waals surface area contributed by atoms with Crippen LogP contribution in [0.4, 0.5) is 0 Å². The van der Waals surface area contributed by atoms with Gasteiger partial charge in [-0.15, -0.1) is 0 Å². The first kappa shape index (κ1) is 11.7. The van der Waals surface area contributed by atoms with Crippen LogP contribution in [0.3, 0.4) is 0 Å². The Morgan fingerprint density at radius 3 is 3.00 bits per heavy atom. The SMILES string of the molecule is Cc1cc(CNCCCCC(=O)O)on1. The second kappa shape index (κ2) is 6.19. The lowest BCUT2D eigenvalue weighted by molar-refractivity contribution is -0.137. The number of nitrogens with zero attached hydrogens (tertiary/aromatic N) is 1. The van der Waals surface area contributed by atoms with E-state index in [9.17, 15) is 4.79 Å². The van der Waals surface area contributed by atoms with Crippen LogP contribution >= 0.6 is 0 Å². The molecule has 0 bridgehead atoms. The Balaban J connectivity index is 2.00. The Kier molecular flexibility index (Phi) is 4.83. The molecule has 0 aliphatic carbocycles. The van der Waals surface area contributed by atoms with Crippen molar-refractivity contribution >= 4 is 5.97 Å². The fourth-order valence-electron chi connectivity index (χ4n) is 1.24. The number of hydrogen-bond donors (Lipinski definition) is 2. The zero-order valence-electron chi connectivity index (χ0n) is 8.82. The molecule has 0 spiro atoms. The van der Waals surface area contributed by atoms with E-state index < -0.39 is 5.97 Å². The summed E-state index contributed by atoms with van der Waals surface area (Å²) in [5.41, 5.74) is 0.873. The summed E-state index contributed by atoms with van der Waals surface area (Å²) in [5, 5.41) is 15.3. The van der Waals surface area contributed by atoms with Gasteiger partial charge >= 0.3 is 5.97 Å². The van der Waals surface area contributed by atoms with E-state index in [2.05, 4.69) is 10.5 Å². The first-order valence-electron chi connectivity index (χ1n) is 5.03. The smallest absolute Gasteiger partial charge is 0.303 e. The van der Waals surface area contributed by atoms with Crippen molar-refractivity contribution in [2.45, 2.75) is 32.7 Å². The molecule has 15 heavy (non-hydrogen) atoms. The predicted octanol–water partition coefficient (Wildman–Crippen LogP) is 1.33. The molecule has 2 N–H and O–H groups in total. The molecule has 0 saturated heterocycles. The number of aliphatic carboxylic acids is 1. The lowest BCUT2D eigenvalue weighted by Gasteiger charge is -2.00. The van der Waals surface area contributed by atoms with Crippen LogP contribution in [-0.2, 0) is 11.3 Å². The number of unbranched alkanes of at least 4 members (excludes halogenated alkanes) is 1. The number of aromatic nitrogens is 1. The van der Waals surface area contributed by atoms with Gasteiger partial charge in [0.05, 0.1) is 12.2 Å². The third-order valence-electron chi connectivity index (χ3n) is 1.97. The maximum Gasteiger partial charge on any atom is 0.303 e. The van der Waals surface area contributed by atoms with Crippen LogP contribution in [0.2, 0.25) is 0 Å². The van der Waals surface area contributed by atoms with Gasteiger partial charge in [0, 0.05) is 12.5 Å². The van der Waals surface area contributed by atoms with Crippen LogP contribution in [0.15, 0.2) is 10.6 Å². The number of hydrogen-bond acceptors (Lipinski definition) is 4. The molecule has 0 saturated carbocycles. The highest BCUT2D eigenvalue weighted by atomic mass is 16.5. The number of nitrogens with one attached hydrogen (secondary N) is 1. The second-order valence-corrected chi connectivity index (χ2v) is 3.46. The molecule has 0 amide bonds. The summed E-state index contributed by atoms with van der Waals surface area (Å²) in [7, 11) is 0. The number of aryl methyl sites for hydroxylation is 1. The van der Waals surface area contributed by atoms with Crippen LogP contribution in [0.25, 0.3) is 0 Å². The van der Waals surface area contributed by atoms with Crippen LogP contribution in [-0.4, -0.2) is 22.8 Å². The van der Waals surface area contributed by atoms with E-state index in [1.54, 1.807) is 0 Å². The van der Waals surface area contributed by atoms with Crippen molar-refractivity contribution in [3.63, 3.8) is 0 Å². The molecule has 1 rings (SSSR count). The summed E-state index contributed by atoms with van der Waals surface area (Å²) in [6.07, 6.45) is 1.81. The van der Waals surface area contributed by atoms with E-state index in [1.807, 2.05) is 13.0 Å². The van der Waals surface area contributed by atoms with Crippen molar-refractivity contribution in [3.8, 4) is 0 Å². The van der Waals surface area contributed by atoms with Crippen molar-refractivity contribution in [3.05, 3.63) is 17.5 Å². The van der Waals surface area contributed by atoms with Crippen LogP contribution in [0.5, 0.6) is 0 Å². The van der Waals surface area contributed by atoms with Gasteiger partial charge < -0.3 is 14.9 Å². The minimum Gasteiger partial charge on any atom is -0.481 e. The maximum atomic E-state index is 10.2. The fraction of sp³-hybridized carbons (Fsp3) is 0.600. The van der Waals surface area contributed by atoms with Crippen LogP contribution in [0.1, 0.15) is 30.7 Å². The summed E-state index contributed by atoms with van der Waals surface area (Å²) in [4.78, 5) is 10.2. The highest BCUT2D eigenvalue weighted by Crippen LogP contribution is 2.01. The van der Waals surface area contributed by atoms with Gasteiger partial charge in [0.25, 0.3) is 0 Å². The molecule has 0 fully saturated rings. The van der Waals surface area contributed by atoms with Crippen molar-refractivity contribution in [1.29, 1.82) is 0 Å². The van der Waals surface area contributed by atoms with Gasteiger partial charge in [-0.25, -0.2) is 0 Å². The molecule has 0 unspecified atom stereocenters. The molecule has 5 nitrogen and oxygen atoms in total. The first-order valence-corrected chi connectivity index (χ1v) is 5.03. The van der Waals surface area contributed by atoms with Gasteiger partial charge in [0.1, 0.15) is 0 Å². The minimum absolute atomic E-state index is 0.239. The Bertz CT molecular complexity index is 309. The Morgan fingerprint density at radius 2 is 2.40 bits per heavy atom. The second-order valence-electron chi connectivity index (χ2n) is 3.46. The average Bonchev–Trinajstić information content (AvgIpc) is 2.57. The van der Waals surface area contributed by atoms with Crippen LogP contribution in [0, 0.1) is 6.92 Å². The summed E-state index contributed by atoms with van der Waals surface area (Å²) >= 11 is 0. The Hall–Kier alpha value is -1.36. The van der Waals surface area contributed by atoms with E-state index in [4.69, 9.17) is 9.63 Å². The van der Waals surface area contributed by atoms with Gasteiger partial charge in [-0.3, -0.25) is 4.79 Å². The standard InChI is InChI=1S/C10H16N2O3/c1-8-6-9(15-12-8)7-11-5-3-2-4-10(13)14/h6,11H,2-5,7H2,1H3,(H,13,14). The highest BCUT2D eigenvalue weighted by Gasteiger charge is 1.99. The van der Waals surface area contributed by atoms with Crippen LogP contribution < -0.4 is 5.32 Å². The zero-order chi connectivity index (χ0) is 11.1. The van der Waals surface area contributed by atoms with Crippen molar-refractivity contribution in [2.24, 2.45) is 0 Å². The van der Waals surface area contributed by atoms with Crippen molar-refractivity contribution in [1.82, 2.24) is 10.5 Å². The number of carbonyl (C=O) groups is 1. The largest absolute Gasteiger partial charge is 0.481 e. The molecule has 1 heterocycles. The quantitative estimate of drug-likeness (QED) is 0.667. The van der Waals surface area contributed by atoms with Gasteiger partial charge in [-0.2, -0.15) is 0 Å². The monoisotopic (exact) mass is 212 g/mol. The molecule has 0 radical (unpaired) electrons. The molecule has 0 aromatic carbocycles. The molecule has 1 aromatic heterocycles. The molecular formula is C10H16N2O3. The van der Waals surface area contributed by atoms with E-state index in [0.717, 1.165) is 24.4 Å². The topological polar surface area (TPSA) is 75.4 Å². The van der Waals surface area contributed by atoms with Gasteiger partial charge in [0.2, 0.25) is 0 Å². The highest BCUT2D eigenvalue weighted by molar-refractivity contribution is 5.66. The van der Waals surface area contributed by atoms with E-state index in [1.165, 1.54) is 0 Å². The fourth-order valence-corrected chi connectivity index (χ4v) is 1.24. The van der Waals surface area contributed by atoms with E-state index in [-0.39, 0.29) is 6.42 Å². The molecule has 5 heteroatoms. The molecule has 0 aliphatic rings. The summed E-state index contributed by atoms with van der Waals surface area (Å²) < 4.78 is 5.00. The van der Waals surface area contributed by atoms with Crippen molar-refractivity contribution in [2.75, 3.05) is 6.54 Å². The normalized spacial score (nSPS) is 10.5. The van der Waals surface area contributed by atoms with Crippen molar-refractivity contribution < 1.29 is 14.4 Å². The number of rotatable bonds is 7. The predicted molar refractivity (Wildman–Crippen MR) is 54.4 cm³/mol. The maximum absolute atomic E-state index is 10.2. The third kappa shape index (κ3) is 5.17. The lowest BCUT2D eigenvalue weighted by Crippen LogP contribution is -2.14. The lowest BCUT2D eigenvalue weighted by atomic mass is 10.2. The van der Waals surface area contributed by atoms with E-state index >= 15 is 0 Å².